The summed E-state index contributed by atoms with van der Waals surface area (Å²) in [6.45, 7) is 4.36. The van der Waals surface area contributed by atoms with Crippen molar-refractivity contribution >= 4 is 11.8 Å². The third kappa shape index (κ3) is 3.96. The minimum Gasteiger partial charge on any atom is -0.384 e. The molecule has 2 N–H and O–H groups in total. The molecule has 104 valence electrons. The fourth-order valence-corrected chi connectivity index (χ4v) is 2.16. The zero-order chi connectivity index (χ0) is 13.5. The number of nitrogens with one attached hydrogen (secondary N) is 2. The highest BCUT2D eigenvalue weighted by molar-refractivity contribution is 5.88. The van der Waals surface area contributed by atoms with Gasteiger partial charge in [-0.2, -0.15) is 0 Å². The van der Waals surface area contributed by atoms with E-state index in [0.29, 0.717) is 26.1 Å². The molecule has 0 aliphatic carbocycles. The monoisotopic (exact) mass is 257 g/mol. The number of carbonyl (C=O) groups is 2. The summed E-state index contributed by atoms with van der Waals surface area (Å²) in [4.78, 5) is 25.6. The number of nitrogens with zero attached hydrogens (tertiary/aromatic N) is 1. The van der Waals surface area contributed by atoms with Gasteiger partial charge in [-0.1, -0.05) is 6.92 Å². The lowest BCUT2D eigenvalue weighted by Gasteiger charge is -2.35. The van der Waals surface area contributed by atoms with Gasteiger partial charge >= 0.3 is 0 Å². The molecule has 0 aromatic heterocycles. The first-order chi connectivity index (χ1) is 8.60. The van der Waals surface area contributed by atoms with Crippen molar-refractivity contribution < 1.29 is 14.3 Å². The topological polar surface area (TPSA) is 70.7 Å². The molecule has 1 fully saturated rings. The van der Waals surface area contributed by atoms with Gasteiger partial charge in [-0.3, -0.25) is 9.59 Å². The van der Waals surface area contributed by atoms with Crippen LogP contribution in [0.1, 0.15) is 13.3 Å². The number of rotatable bonds is 5. The van der Waals surface area contributed by atoms with Gasteiger partial charge in [-0.25, -0.2) is 0 Å². The fraction of sp³-hybridized carbons (Fsp3) is 0.833. The van der Waals surface area contributed by atoms with E-state index >= 15 is 0 Å². The fourth-order valence-electron chi connectivity index (χ4n) is 2.16. The molecule has 0 aromatic rings. The number of hydrogen-bond donors (Lipinski definition) is 2. The minimum absolute atomic E-state index is 0.0228. The molecule has 1 rings (SSSR count). The van der Waals surface area contributed by atoms with Crippen LogP contribution in [0.5, 0.6) is 0 Å². The minimum atomic E-state index is -0.397. The number of amides is 2. The van der Waals surface area contributed by atoms with Gasteiger partial charge in [0.1, 0.15) is 6.04 Å². The van der Waals surface area contributed by atoms with E-state index in [4.69, 9.17) is 4.74 Å². The molecular formula is C12H23N3O3. The van der Waals surface area contributed by atoms with E-state index < -0.39 is 6.04 Å². The lowest BCUT2D eigenvalue weighted by Crippen LogP contribution is -2.59. The van der Waals surface area contributed by atoms with E-state index in [2.05, 4.69) is 10.6 Å². The standard InChI is InChI=1S/C12H23N3O3/c1-9(8-18-3)6-11(16)15-5-4-14-7-10(15)12(17)13-2/h9-10,14H,4-8H2,1-3H3,(H,13,17). The van der Waals surface area contributed by atoms with E-state index in [-0.39, 0.29) is 17.7 Å². The van der Waals surface area contributed by atoms with E-state index in [0.717, 1.165) is 6.54 Å². The second-order valence-corrected chi connectivity index (χ2v) is 4.69. The number of ether oxygens (including phenoxy) is 1. The van der Waals surface area contributed by atoms with Crippen molar-refractivity contribution in [1.82, 2.24) is 15.5 Å². The second-order valence-electron chi connectivity index (χ2n) is 4.69. The molecule has 0 spiro atoms. The Morgan fingerprint density at radius 2 is 2.28 bits per heavy atom. The molecule has 1 heterocycles. The molecule has 2 atom stereocenters. The molecule has 6 heteroatoms. The highest BCUT2D eigenvalue weighted by Crippen LogP contribution is 2.11. The highest BCUT2D eigenvalue weighted by Gasteiger charge is 2.31. The number of piperazine rings is 1. The van der Waals surface area contributed by atoms with E-state index in [1.54, 1.807) is 19.1 Å². The van der Waals surface area contributed by atoms with Crippen molar-refractivity contribution in [3.05, 3.63) is 0 Å². The van der Waals surface area contributed by atoms with Gasteiger partial charge in [0.05, 0.1) is 0 Å². The predicted octanol–water partition coefficient (Wildman–Crippen LogP) is -0.795. The van der Waals surface area contributed by atoms with Crippen LogP contribution < -0.4 is 10.6 Å². The van der Waals surface area contributed by atoms with Crippen molar-refractivity contribution in [3.63, 3.8) is 0 Å². The molecule has 0 bridgehead atoms. The van der Waals surface area contributed by atoms with Crippen LogP contribution in [0.25, 0.3) is 0 Å². The third-order valence-electron chi connectivity index (χ3n) is 3.09. The summed E-state index contributed by atoms with van der Waals surface area (Å²) < 4.78 is 5.02. The first-order valence-electron chi connectivity index (χ1n) is 6.30. The third-order valence-corrected chi connectivity index (χ3v) is 3.09. The van der Waals surface area contributed by atoms with Crippen molar-refractivity contribution in [1.29, 1.82) is 0 Å². The maximum atomic E-state index is 12.2. The average Bonchev–Trinajstić information content (AvgIpc) is 2.38. The van der Waals surface area contributed by atoms with Crippen molar-refractivity contribution in [2.75, 3.05) is 40.4 Å². The molecule has 6 nitrogen and oxygen atoms in total. The molecule has 0 radical (unpaired) electrons. The Morgan fingerprint density at radius 1 is 1.56 bits per heavy atom. The van der Waals surface area contributed by atoms with Gasteiger partial charge in [0.15, 0.2) is 0 Å². The predicted molar refractivity (Wildman–Crippen MR) is 68.1 cm³/mol. The smallest absolute Gasteiger partial charge is 0.243 e. The van der Waals surface area contributed by atoms with Crippen LogP contribution in [-0.2, 0) is 14.3 Å². The van der Waals surface area contributed by atoms with Crippen LogP contribution in [0.3, 0.4) is 0 Å². The molecule has 2 amide bonds. The van der Waals surface area contributed by atoms with E-state index in [9.17, 15) is 9.59 Å². The second kappa shape index (κ2) is 7.33. The maximum Gasteiger partial charge on any atom is 0.243 e. The van der Waals surface area contributed by atoms with Gasteiger partial charge < -0.3 is 20.3 Å². The van der Waals surface area contributed by atoms with Crippen LogP contribution in [0.15, 0.2) is 0 Å². The average molecular weight is 257 g/mol. The van der Waals surface area contributed by atoms with Gasteiger partial charge in [0.2, 0.25) is 11.8 Å². The normalized spacial score (nSPS) is 21.5. The summed E-state index contributed by atoms with van der Waals surface area (Å²) in [5.74, 6) is 0.0762. The molecule has 1 aliphatic heterocycles. The van der Waals surface area contributed by atoms with Crippen LogP contribution in [0.2, 0.25) is 0 Å². The summed E-state index contributed by atoms with van der Waals surface area (Å²) in [5, 5.41) is 5.73. The van der Waals surface area contributed by atoms with E-state index in [1.807, 2.05) is 6.92 Å². The van der Waals surface area contributed by atoms with Crippen molar-refractivity contribution in [2.45, 2.75) is 19.4 Å². The quantitative estimate of drug-likeness (QED) is 0.677. The summed E-state index contributed by atoms with van der Waals surface area (Å²) in [6, 6.07) is -0.397. The molecule has 0 saturated carbocycles. The SMILES string of the molecule is CNC(=O)C1CNCCN1C(=O)CC(C)COC. The molecular weight excluding hydrogens is 234 g/mol. The Bertz CT molecular complexity index is 296. The zero-order valence-corrected chi connectivity index (χ0v) is 11.4. The molecule has 0 aromatic carbocycles. The first-order valence-corrected chi connectivity index (χ1v) is 6.30. The Morgan fingerprint density at radius 3 is 2.89 bits per heavy atom. The van der Waals surface area contributed by atoms with Crippen LogP contribution in [0, 0.1) is 5.92 Å². The van der Waals surface area contributed by atoms with Gasteiger partial charge in [-0.15, -0.1) is 0 Å². The number of methoxy groups -OCH3 is 1. The van der Waals surface area contributed by atoms with Gasteiger partial charge in [-0.05, 0) is 5.92 Å². The Hall–Kier alpha value is -1.14. The van der Waals surface area contributed by atoms with E-state index in [1.165, 1.54) is 0 Å². The molecule has 1 aliphatic rings. The summed E-state index contributed by atoms with van der Waals surface area (Å²) in [6.07, 6.45) is 0.418. The van der Waals surface area contributed by atoms with Gasteiger partial charge in [0, 0.05) is 46.8 Å². The Kier molecular flexibility index (Phi) is 6.07. The lowest BCUT2D eigenvalue weighted by molar-refractivity contribution is -0.142. The summed E-state index contributed by atoms with van der Waals surface area (Å²) in [7, 11) is 3.21. The van der Waals surface area contributed by atoms with Crippen molar-refractivity contribution in [2.24, 2.45) is 5.92 Å². The number of likely N-dealkylation sites (N-methyl/N-ethyl adjacent to an activating group) is 1. The van der Waals surface area contributed by atoms with Crippen LogP contribution in [0.4, 0.5) is 0 Å². The number of hydrogen-bond acceptors (Lipinski definition) is 4. The Balaban J connectivity index is 2.59. The first kappa shape index (κ1) is 14.9. The molecule has 1 saturated heterocycles. The van der Waals surface area contributed by atoms with Crippen LogP contribution >= 0.6 is 0 Å². The summed E-state index contributed by atoms with van der Waals surface area (Å²) in [5.41, 5.74) is 0. The Labute approximate surface area is 108 Å². The van der Waals surface area contributed by atoms with Gasteiger partial charge in [0.25, 0.3) is 0 Å². The maximum absolute atomic E-state index is 12.2. The summed E-state index contributed by atoms with van der Waals surface area (Å²) >= 11 is 0. The van der Waals surface area contributed by atoms with Crippen LogP contribution in [-0.4, -0.2) is 63.2 Å². The zero-order valence-electron chi connectivity index (χ0n) is 11.4. The highest BCUT2D eigenvalue weighted by atomic mass is 16.5. The number of carbonyl (C=O) groups excluding carboxylic acids is 2. The molecule has 18 heavy (non-hydrogen) atoms. The van der Waals surface area contributed by atoms with Crippen molar-refractivity contribution in [3.8, 4) is 0 Å². The molecule has 2 unspecified atom stereocenters. The lowest BCUT2D eigenvalue weighted by atomic mass is 10.1. The largest absolute Gasteiger partial charge is 0.384 e.